The highest BCUT2D eigenvalue weighted by molar-refractivity contribution is 6.29. The maximum Gasteiger partial charge on any atom is 0.151 e. The zero-order chi connectivity index (χ0) is 12.6. The third kappa shape index (κ3) is 4.88. The molecule has 5 heteroatoms. The van der Waals surface area contributed by atoms with Crippen molar-refractivity contribution in [3.05, 3.63) is 23.0 Å². The van der Waals surface area contributed by atoms with E-state index in [1.807, 2.05) is 6.07 Å². The molecule has 0 aromatic carbocycles. The van der Waals surface area contributed by atoms with Crippen molar-refractivity contribution < 1.29 is 4.74 Å². The summed E-state index contributed by atoms with van der Waals surface area (Å²) in [5, 5.41) is 11.7. The van der Waals surface area contributed by atoms with E-state index in [0.29, 0.717) is 17.8 Å². The first-order valence-electron chi connectivity index (χ1n) is 6.64. The molecule has 0 saturated carbocycles. The molecule has 1 aliphatic rings. The van der Waals surface area contributed by atoms with E-state index in [2.05, 4.69) is 15.5 Å². The van der Waals surface area contributed by atoms with Crippen LogP contribution in [0.2, 0.25) is 5.15 Å². The minimum absolute atomic E-state index is 0.419. The summed E-state index contributed by atoms with van der Waals surface area (Å²) in [6.45, 7) is 2.47. The summed E-state index contributed by atoms with van der Waals surface area (Å²) in [4.78, 5) is 0. The number of rotatable bonds is 6. The van der Waals surface area contributed by atoms with E-state index in [1.165, 1.54) is 32.2 Å². The van der Waals surface area contributed by atoms with Gasteiger partial charge >= 0.3 is 0 Å². The number of halogens is 1. The van der Waals surface area contributed by atoms with Crippen LogP contribution in [-0.4, -0.2) is 29.4 Å². The Bertz CT molecular complexity index is 339. The molecule has 0 bridgehead atoms. The molecule has 1 fully saturated rings. The van der Waals surface area contributed by atoms with Gasteiger partial charge < -0.3 is 10.1 Å². The van der Waals surface area contributed by atoms with Gasteiger partial charge in [-0.25, -0.2) is 0 Å². The lowest BCUT2D eigenvalue weighted by atomic mass is 10.0. The largest absolute Gasteiger partial charge is 0.375 e. The molecule has 0 aliphatic carbocycles. The Morgan fingerprint density at radius 2 is 2.28 bits per heavy atom. The average molecular weight is 270 g/mol. The van der Waals surface area contributed by atoms with E-state index < -0.39 is 0 Å². The van der Waals surface area contributed by atoms with Crippen LogP contribution in [0.1, 0.15) is 37.8 Å². The first kappa shape index (κ1) is 13.7. The van der Waals surface area contributed by atoms with Crippen molar-refractivity contribution in [2.24, 2.45) is 0 Å². The monoisotopic (exact) mass is 269 g/mol. The van der Waals surface area contributed by atoms with Gasteiger partial charge in [0, 0.05) is 12.6 Å². The van der Waals surface area contributed by atoms with E-state index in [-0.39, 0.29) is 0 Å². The van der Waals surface area contributed by atoms with Gasteiger partial charge in [0.05, 0.1) is 12.3 Å². The fraction of sp³-hybridized carbons (Fsp3) is 0.692. The second-order valence-corrected chi connectivity index (χ2v) is 5.08. The van der Waals surface area contributed by atoms with Crippen LogP contribution in [-0.2, 0) is 11.3 Å². The van der Waals surface area contributed by atoms with Crippen LogP contribution in [0.3, 0.4) is 0 Å². The van der Waals surface area contributed by atoms with Crippen LogP contribution in [0.4, 0.5) is 0 Å². The lowest BCUT2D eigenvalue weighted by Gasteiger charge is -2.23. The molecule has 1 aromatic heterocycles. The molecule has 100 valence electrons. The van der Waals surface area contributed by atoms with Crippen LogP contribution < -0.4 is 5.32 Å². The Morgan fingerprint density at radius 1 is 1.33 bits per heavy atom. The van der Waals surface area contributed by atoms with Gasteiger partial charge in [-0.2, -0.15) is 5.10 Å². The standard InChI is InChI=1S/C13H20ClN3O/c14-13-7-6-12(16-17-13)10-18-9-3-5-11-4-1-2-8-15-11/h6-7,11,15H,1-5,8-10H2/t11-/m1/s1. The number of nitrogens with zero attached hydrogens (tertiary/aromatic N) is 2. The molecule has 4 nitrogen and oxygen atoms in total. The molecule has 1 atom stereocenters. The Morgan fingerprint density at radius 3 is 3.00 bits per heavy atom. The number of piperidine rings is 1. The summed E-state index contributed by atoms with van der Waals surface area (Å²) < 4.78 is 5.58. The molecule has 2 heterocycles. The van der Waals surface area contributed by atoms with E-state index >= 15 is 0 Å². The minimum Gasteiger partial charge on any atom is -0.375 e. The van der Waals surface area contributed by atoms with Gasteiger partial charge in [0.25, 0.3) is 0 Å². The number of nitrogens with one attached hydrogen (secondary N) is 1. The Balaban J connectivity index is 1.54. The smallest absolute Gasteiger partial charge is 0.151 e. The van der Waals surface area contributed by atoms with Crippen LogP contribution in [0, 0.1) is 0 Å². The number of aromatic nitrogens is 2. The second-order valence-electron chi connectivity index (χ2n) is 4.69. The zero-order valence-electron chi connectivity index (χ0n) is 10.6. The van der Waals surface area contributed by atoms with Crippen LogP contribution >= 0.6 is 11.6 Å². The first-order chi connectivity index (χ1) is 8.84. The summed E-state index contributed by atoms with van der Waals surface area (Å²) in [5.41, 5.74) is 0.829. The molecule has 1 aliphatic heterocycles. The van der Waals surface area contributed by atoms with Crippen molar-refractivity contribution in [3.8, 4) is 0 Å². The SMILES string of the molecule is Clc1ccc(COCCC[C@H]2CCCCN2)nn1. The Hall–Kier alpha value is -0.710. The molecule has 0 amide bonds. The molecule has 1 N–H and O–H groups in total. The summed E-state index contributed by atoms with van der Waals surface area (Å²) in [5.74, 6) is 0. The maximum absolute atomic E-state index is 5.66. The third-order valence-corrected chi connectivity index (χ3v) is 3.39. The highest BCUT2D eigenvalue weighted by Crippen LogP contribution is 2.12. The summed E-state index contributed by atoms with van der Waals surface area (Å²) >= 11 is 5.66. The minimum atomic E-state index is 0.419. The van der Waals surface area contributed by atoms with Crippen molar-refractivity contribution in [2.75, 3.05) is 13.2 Å². The van der Waals surface area contributed by atoms with Gasteiger partial charge in [-0.1, -0.05) is 18.0 Å². The molecule has 1 saturated heterocycles. The summed E-state index contributed by atoms with van der Waals surface area (Å²) in [7, 11) is 0. The average Bonchev–Trinajstić information content (AvgIpc) is 2.42. The van der Waals surface area contributed by atoms with E-state index in [0.717, 1.165) is 18.7 Å². The molecule has 18 heavy (non-hydrogen) atoms. The summed E-state index contributed by atoms with van der Waals surface area (Å²) in [6, 6.07) is 4.27. The van der Waals surface area contributed by atoms with Gasteiger partial charge in [0.2, 0.25) is 0 Å². The van der Waals surface area contributed by atoms with Crippen molar-refractivity contribution in [1.82, 2.24) is 15.5 Å². The third-order valence-electron chi connectivity index (χ3n) is 3.19. The summed E-state index contributed by atoms with van der Waals surface area (Å²) in [6.07, 6.45) is 6.29. The van der Waals surface area contributed by atoms with Crippen LogP contribution in [0.25, 0.3) is 0 Å². The lowest BCUT2D eigenvalue weighted by Crippen LogP contribution is -2.33. The molecular formula is C13H20ClN3O. The van der Waals surface area contributed by atoms with E-state index in [1.54, 1.807) is 6.07 Å². The van der Waals surface area contributed by atoms with Gasteiger partial charge in [-0.15, -0.1) is 5.10 Å². The van der Waals surface area contributed by atoms with Gasteiger partial charge in [0.1, 0.15) is 0 Å². The van der Waals surface area contributed by atoms with Crippen molar-refractivity contribution in [2.45, 2.75) is 44.8 Å². The van der Waals surface area contributed by atoms with Crippen LogP contribution in [0.15, 0.2) is 12.1 Å². The topological polar surface area (TPSA) is 47.0 Å². The number of ether oxygens (including phenoxy) is 1. The van der Waals surface area contributed by atoms with Gasteiger partial charge in [-0.05, 0) is 44.4 Å². The van der Waals surface area contributed by atoms with E-state index in [4.69, 9.17) is 16.3 Å². The molecular weight excluding hydrogens is 250 g/mol. The van der Waals surface area contributed by atoms with Gasteiger partial charge in [-0.3, -0.25) is 0 Å². The molecule has 2 rings (SSSR count). The highest BCUT2D eigenvalue weighted by Gasteiger charge is 2.11. The molecule has 1 aromatic rings. The second kappa shape index (κ2) is 7.67. The molecule has 0 unspecified atom stereocenters. The number of hydrogen-bond acceptors (Lipinski definition) is 4. The first-order valence-corrected chi connectivity index (χ1v) is 7.01. The fourth-order valence-corrected chi connectivity index (χ4v) is 2.30. The van der Waals surface area contributed by atoms with Crippen molar-refractivity contribution in [3.63, 3.8) is 0 Å². The van der Waals surface area contributed by atoms with Crippen molar-refractivity contribution in [1.29, 1.82) is 0 Å². The number of hydrogen-bond donors (Lipinski definition) is 1. The molecule has 0 radical (unpaired) electrons. The Labute approximate surface area is 113 Å². The van der Waals surface area contributed by atoms with E-state index in [9.17, 15) is 0 Å². The predicted molar refractivity (Wildman–Crippen MR) is 71.6 cm³/mol. The molecule has 0 spiro atoms. The zero-order valence-corrected chi connectivity index (χ0v) is 11.3. The highest BCUT2D eigenvalue weighted by atomic mass is 35.5. The van der Waals surface area contributed by atoms with Crippen LogP contribution in [0.5, 0.6) is 0 Å². The van der Waals surface area contributed by atoms with Crippen molar-refractivity contribution >= 4 is 11.6 Å². The Kier molecular flexibility index (Phi) is 5.84. The normalized spacial score (nSPS) is 19.9. The van der Waals surface area contributed by atoms with Gasteiger partial charge in [0.15, 0.2) is 5.15 Å². The maximum atomic E-state index is 5.66. The predicted octanol–water partition coefficient (Wildman–Crippen LogP) is 2.57. The fourth-order valence-electron chi connectivity index (χ4n) is 2.20. The lowest BCUT2D eigenvalue weighted by molar-refractivity contribution is 0.111. The quantitative estimate of drug-likeness (QED) is 0.807.